The van der Waals surface area contributed by atoms with E-state index >= 15 is 0 Å². The third-order valence-corrected chi connectivity index (χ3v) is 5.77. The lowest BCUT2D eigenvalue weighted by Crippen LogP contribution is -2.49. The fraction of sp³-hybridized carbons (Fsp3) is 0.524. The van der Waals surface area contributed by atoms with Crippen LogP contribution in [0.15, 0.2) is 36.4 Å². The molecule has 2 fully saturated rings. The molecule has 154 valence electrons. The van der Waals surface area contributed by atoms with Crippen molar-refractivity contribution in [2.24, 2.45) is 5.92 Å². The minimum absolute atomic E-state index is 0. The van der Waals surface area contributed by atoms with E-state index in [0.717, 1.165) is 62.9 Å². The van der Waals surface area contributed by atoms with E-state index in [1.807, 2.05) is 17.0 Å². The van der Waals surface area contributed by atoms with Gasteiger partial charge in [-0.15, -0.1) is 24.8 Å². The van der Waals surface area contributed by atoms with E-state index in [1.165, 1.54) is 18.2 Å². The first-order chi connectivity index (χ1) is 12.8. The maximum absolute atomic E-state index is 12.5. The van der Waals surface area contributed by atoms with Crippen molar-refractivity contribution in [3.63, 3.8) is 0 Å². The number of piperazine rings is 1. The van der Waals surface area contributed by atoms with E-state index in [0.29, 0.717) is 12.3 Å². The largest absolute Gasteiger partial charge is 0.353 e. The highest BCUT2D eigenvalue weighted by Crippen LogP contribution is 2.21. The molecule has 0 spiro atoms. The van der Waals surface area contributed by atoms with Crippen LogP contribution in [0.25, 0.3) is 10.9 Å². The van der Waals surface area contributed by atoms with Crippen molar-refractivity contribution in [2.75, 3.05) is 44.2 Å². The Morgan fingerprint density at radius 2 is 1.71 bits per heavy atom. The van der Waals surface area contributed by atoms with Crippen LogP contribution in [0.2, 0.25) is 0 Å². The van der Waals surface area contributed by atoms with Gasteiger partial charge in [0.1, 0.15) is 5.82 Å². The maximum atomic E-state index is 12.5. The van der Waals surface area contributed by atoms with Crippen LogP contribution >= 0.6 is 24.8 Å². The molecule has 28 heavy (non-hydrogen) atoms. The summed E-state index contributed by atoms with van der Waals surface area (Å²) in [4.78, 5) is 21.7. The summed E-state index contributed by atoms with van der Waals surface area (Å²) in [5, 5.41) is 4.56. The van der Waals surface area contributed by atoms with Crippen LogP contribution in [0.1, 0.15) is 25.7 Å². The summed E-state index contributed by atoms with van der Waals surface area (Å²) in [5.74, 6) is 2.07. The molecule has 0 bridgehead atoms. The van der Waals surface area contributed by atoms with Crippen LogP contribution in [0.5, 0.6) is 0 Å². The molecular weight excluding hydrogens is 395 g/mol. The van der Waals surface area contributed by atoms with Crippen molar-refractivity contribution < 1.29 is 4.79 Å². The molecule has 0 radical (unpaired) electrons. The molecule has 0 atom stereocenters. The fourth-order valence-corrected chi connectivity index (χ4v) is 4.07. The van der Waals surface area contributed by atoms with Crippen molar-refractivity contribution >= 4 is 47.4 Å². The number of nitrogens with one attached hydrogen (secondary N) is 1. The van der Waals surface area contributed by atoms with Gasteiger partial charge in [0, 0.05) is 38.0 Å². The second kappa shape index (κ2) is 10.8. The van der Waals surface area contributed by atoms with Crippen molar-refractivity contribution in [1.29, 1.82) is 0 Å². The Bertz CT molecular complexity index is 759. The molecule has 2 aliphatic heterocycles. The number of halogens is 2. The van der Waals surface area contributed by atoms with Crippen LogP contribution in [0.3, 0.4) is 0 Å². The van der Waals surface area contributed by atoms with Gasteiger partial charge in [-0.25, -0.2) is 4.98 Å². The van der Waals surface area contributed by atoms with Gasteiger partial charge in [-0.3, -0.25) is 4.79 Å². The second-order valence-corrected chi connectivity index (χ2v) is 7.46. The molecule has 1 aromatic heterocycles. The zero-order chi connectivity index (χ0) is 17.8. The lowest BCUT2D eigenvalue weighted by Gasteiger charge is -2.36. The number of nitrogens with zero attached hydrogens (tertiary/aromatic N) is 3. The standard InChI is InChI=1S/C21H28N4O.2ClH/c26-21(8-5-17-9-11-22-12-10-17)25-15-13-24(14-16-25)20-7-6-18-3-1-2-4-19(18)23-20;;/h1-4,6-7,17,22H,5,8-16H2;2*1H. The minimum atomic E-state index is 0. The number of fused-ring (bicyclic) bond motifs is 1. The zero-order valence-corrected chi connectivity index (χ0v) is 17.8. The quantitative estimate of drug-likeness (QED) is 0.815. The number of carbonyl (C=O) groups is 1. The third-order valence-electron chi connectivity index (χ3n) is 5.77. The second-order valence-electron chi connectivity index (χ2n) is 7.46. The molecule has 0 aliphatic carbocycles. The van der Waals surface area contributed by atoms with Crippen LogP contribution in [0, 0.1) is 5.92 Å². The number of amides is 1. The lowest BCUT2D eigenvalue weighted by atomic mass is 9.93. The minimum Gasteiger partial charge on any atom is -0.353 e. The number of hydrogen-bond donors (Lipinski definition) is 1. The number of aromatic nitrogens is 1. The molecule has 4 rings (SSSR count). The molecule has 5 nitrogen and oxygen atoms in total. The molecular formula is C21H30Cl2N4O. The Morgan fingerprint density at radius 3 is 2.46 bits per heavy atom. The van der Waals surface area contributed by atoms with Gasteiger partial charge in [-0.05, 0) is 56.5 Å². The average molecular weight is 425 g/mol. The van der Waals surface area contributed by atoms with Gasteiger partial charge >= 0.3 is 0 Å². The highest BCUT2D eigenvalue weighted by atomic mass is 35.5. The summed E-state index contributed by atoms with van der Waals surface area (Å²) in [6.45, 7) is 5.56. The molecule has 7 heteroatoms. The molecule has 2 saturated heterocycles. The fourth-order valence-electron chi connectivity index (χ4n) is 4.07. The topological polar surface area (TPSA) is 48.5 Å². The predicted molar refractivity (Wildman–Crippen MR) is 120 cm³/mol. The number of piperidine rings is 1. The highest BCUT2D eigenvalue weighted by Gasteiger charge is 2.23. The third kappa shape index (κ3) is 5.49. The van der Waals surface area contributed by atoms with E-state index in [9.17, 15) is 4.79 Å². The Labute approximate surface area is 179 Å². The Kier molecular flexibility index (Phi) is 8.80. The Morgan fingerprint density at radius 1 is 1.00 bits per heavy atom. The maximum Gasteiger partial charge on any atom is 0.222 e. The van der Waals surface area contributed by atoms with E-state index in [-0.39, 0.29) is 24.8 Å². The molecule has 2 aromatic rings. The number of para-hydroxylation sites is 1. The molecule has 0 unspecified atom stereocenters. The predicted octanol–water partition coefficient (Wildman–Crippen LogP) is 3.51. The van der Waals surface area contributed by atoms with Crippen LogP contribution in [-0.4, -0.2) is 55.1 Å². The average Bonchev–Trinajstić information content (AvgIpc) is 2.72. The van der Waals surface area contributed by atoms with Crippen molar-refractivity contribution in [2.45, 2.75) is 25.7 Å². The lowest BCUT2D eigenvalue weighted by molar-refractivity contribution is -0.131. The van der Waals surface area contributed by atoms with E-state index in [1.54, 1.807) is 0 Å². The van der Waals surface area contributed by atoms with Crippen molar-refractivity contribution in [3.05, 3.63) is 36.4 Å². The summed E-state index contributed by atoms with van der Waals surface area (Å²) in [6.07, 6.45) is 4.19. The van der Waals surface area contributed by atoms with Crippen LogP contribution in [0.4, 0.5) is 5.82 Å². The number of rotatable bonds is 4. The van der Waals surface area contributed by atoms with Gasteiger partial charge in [-0.2, -0.15) is 0 Å². The summed E-state index contributed by atoms with van der Waals surface area (Å²) in [5.41, 5.74) is 1.03. The monoisotopic (exact) mass is 424 g/mol. The van der Waals surface area contributed by atoms with Gasteiger partial charge in [0.15, 0.2) is 0 Å². The first-order valence-electron chi connectivity index (χ1n) is 9.89. The molecule has 2 aliphatic rings. The van der Waals surface area contributed by atoms with E-state index in [4.69, 9.17) is 4.98 Å². The number of pyridine rings is 1. The molecule has 3 heterocycles. The molecule has 1 N–H and O–H groups in total. The summed E-state index contributed by atoms with van der Waals surface area (Å²) < 4.78 is 0. The van der Waals surface area contributed by atoms with E-state index in [2.05, 4.69) is 34.5 Å². The SMILES string of the molecule is Cl.Cl.O=C(CCC1CCNCC1)N1CCN(c2ccc3ccccc3n2)CC1. The van der Waals surface area contributed by atoms with Gasteiger partial charge in [-0.1, -0.05) is 18.2 Å². The molecule has 0 saturated carbocycles. The number of hydrogen-bond acceptors (Lipinski definition) is 4. The first-order valence-corrected chi connectivity index (χ1v) is 9.89. The Balaban J connectivity index is 0.00000140. The normalized spacial score (nSPS) is 17.7. The van der Waals surface area contributed by atoms with Crippen molar-refractivity contribution in [1.82, 2.24) is 15.2 Å². The Hall–Kier alpha value is -1.56. The van der Waals surface area contributed by atoms with Gasteiger partial charge in [0.2, 0.25) is 5.91 Å². The summed E-state index contributed by atoms with van der Waals surface area (Å²) >= 11 is 0. The van der Waals surface area contributed by atoms with Crippen molar-refractivity contribution in [3.8, 4) is 0 Å². The highest BCUT2D eigenvalue weighted by molar-refractivity contribution is 5.85. The van der Waals surface area contributed by atoms with Gasteiger partial charge in [0.05, 0.1) is 5.52 Å². The number of carbonyl (C=O) groups excluding carboxylic acids is 1. The molecule has 1 aromatic carbocycles. The van der Waals surface area contributed by atoms with Gasteiger partial charge < -0.3 is 15.1 Å². The van der Waals surface area contributed by atoms with Crippen LogP contribution in [-0.2, 0) is 4.79 Å². The smallest absolute Gasteiger partial charge is 0.222 e. The summed E-state index contributed by atoms with van der Waals surface area (Å²) in [7, 11) is 0. The number of benzene rings is 1. The number of anilines is 1. The van der Waals surface area contributed by atoms with Crippen LogP contribution < -0.4 is 10.2 Å². The summed E-state index contributed by atoms with van der Waals surface area (Å²) in [6, 6.07) is 12.4. The molecule has 1 amide bonds. The zero-order valence-electron chi connectivity index (χ0n) is 16.2. The van der Waals surface area contributed by atoms with E-state index < -0.39 is 0 Å². The first kappa shape index (κ1) is 22.7. The van der Waals surface area contributed by atoms with Gasteiger partial charge in [0.25, 0.3) is 0 Å².